The molecule has 0 amide bonds. The number of rotatable bonds is 3. The molecule has 0 spiro atoms. The van der Waals surface area contributed by atoms with Gasteiger partial charge in [-0.3, -0.25) is 0 Å². The highest BCUT2D eigenvalue weighted by Gasteiger charge is 2.17. The van der Waals surface area contributed by atoms with E-state index in [1.54, 1.807) is 22.6 Å². The number of hydrogen-bond donors (Lipinski definition) is 1. The van der Waals surface area contributed by atoms with Crippen LogP contribution in [0.15, 0.2) is 6.07 Å². The fraction of sp³-hybridized carbons (Fsp3) is 0.375. The molecular weight excluding hydrogens is 305 g/mol. The zero-order chi connectivity index (χ0) is 10.7. The molecule has 0 saturated heterocycles. The van der Waals surface area contributed by atoms with E-state index >= 15 is 0 Å². The molecule has 0 aliphatic carbocycles. The molecule has 0 atom stereocenters. The van der Waals surface area contributed by atoms with Gasteiger partial charge >= 0.3 is 0 Å². The second-order valence-electron chi connectivity index (χ2n) is 2.53. The normalized spacial score (nSPS) is 10.7. The lowest BCUT2D eigenvalue weighted by molar-refractivity contribution is 0.149. The van der Waals surface area contributed by atoms with Gasteiger partial charge in [-0.15, -0.1) is 0 Å². The Labute approximate surface area is 93.8 Å². The number of pyridine rings is 1. The lowest BCUT2D eigenvalue weighted by atomic mass is 10.2. The largest absolute Gasteiger partial charge is 0.480 e. The van der Waals surface area contributed by atoms with Crippen molar-refractivity contribution in [1.29, 1.82) is 0 Å². The fourth-order valence-electron chi connectivity index (χ4n) is 0.977. The first kappa shape index (κ1) is 11.6. The van der Waals surface area contributed by atoms with Crippen LogP contribution in [0.3, 0.4) is 0 Å². The molecule has 78 valence electrons. The summed E-state index contributed by atoms with van der Waals surface area (Å²) in [5, 5.41) is 0. The Morgan fingerprint density at radius 2 is 2.29 bits per heavy atom. The van der Waals surface area contributed by atoms with Gasteiger partial charge in [-0.1, -0.05) is 0 Å². The van der Waals surface area contributed by atoms with Crippen LogP contribution in [0.25, 0.3) is 0 Å². The number of aromatic nitrogens is 1. The molecule has 0 unspecified atom stereocenters. The van der Waals surface area contributed by atoms with Crippen LogP contribution >= 0.6 is 22.6 Å². The Hall–Kier alpha value is -0.500. The van der Waals surface area contributed by atoms with Gasteiger partial charge in [0, 0.05) is 12.1 Å². The van der Waals surface area contributed by atoms with Gasteiger partial charge in [0.1, 0.15) is 0 Å². The van der Waals surface area contributed by atoms with Crippen LogP contribution in [0.2, 0.25) is 0 Å². The predicted octanol–water partition coefficient (Wildman–Crippen LogP) is 2.09. The van der Waals surface area contributed by atoms with E-state index in [9.17, 15) is 8.78 Å². The predicted molar refractivity (Wildman–Crippen MR) is 56.4 cm³/mol. The molecule has 0 bridgehead atoms. The van der Waals surface area contributed by atoms with Gasteiger partial charge < -0.3 is 10.5 Å². The lowest BCUT2D eigenvalue weighted by Gasteiger charge is -2.09. The zero-order valence-corrected chi connectivity index (χ0v) is 9.59. The smallest absolute Gasteiger partial charge is 0.265 e. The van der Waals surface area contributed by atoms with Gasteiger partial charge in [-0.2, -0.15) is 0 Å². The summed E-state index contributed by atoms with van der Waals surface area (Å²) in [6, 6.07) is 1.30. The van der Waals surface area contributed by atoms with Crippen LogP contribution in [0, 0.1) is 3.57 Å². The van der Waals surface area contributed by atoms with E-state index < -0.39 is 6.43 Å². The van der Waals surface area contributed by atoms with Crippen LogP contribution in [0.5, 0.6) is 5.88 Å². The maximum atomic E-state index is 12.5. The quantitative estimate of drug-likeness (QED) is 0.869. The summed E-state index contributed by atoms with van der Waals surface area (Å²) in [5.41, 5.74) is 5.64. The number of halogens is 3. The van der Waals surface area contributed by atoms with Gasteiger partial charge in [-0.25, -0.2) is 13.8 Å². The van der Waals surface area contributed by atoms with Crippen molar-refractivity contribution in [2.24, 2.45) is 5.73 Å². The van der Waals surface area contributed by atoms with Crippen LogP contribution in [0.4, 0.5) is 8.78 Å². The molecule has 6 heteroatoms. The van der Waals surface area contributed by atoms with E-state index in [0.717, 1.165) is 0 Å². The first-order chi connectivity index (χ1) is 6.60. The van der Waals surface area contributed by atoms with Crippen molar-refractivity contribution < 1.29 is 13.5 Å². The minimum absolute atomic E-state index is 0.0853. The second kappa shape index (κ2) is 4.83. The molecule has 0 saturated carbocycles. The Kier molecular flexibility index (Phi) is 3.99. The number of ether oxygens (including phenoxy) is 1. The van der Waals surface area contributed by atoms with Crippen LogP contribution < -0.4 is 10.5 Å². The van der Waals surface area contributed by atoms with Gasteiger partial charge in [0.2, 0.25) is 5.88 Å². The number of nitrogens with zero attached hydrogens (tertiary/aromatic N) is 1. The summed E-state index contributed by atoms with van der Waals surface area (Å²) >= 11 is 1.78. The standard InChI is InChI=1S/C8H9F2IN2O/c1-14-8-6(11)5(7(9)10)2-4(3-12)13-8/h2,7H,3,12H2,1H3. The highest BCUT2D eigenvalue weighted by molar-refractivity contribution is 14.1. The number of nitrogens with two attached hydrogens (primary N) is 1. The number of hydrogen-bond acceptors (Lipinski definition) is 3. The molecule has 0 aliphatic heterocycles. The van der Waals surface area contributed by atoms with E-state index in [2.05, 4.69) is 4.98 Å². The van der Waals surface area contributed by atoms with Crippen LogP contribution in [-0.2, 0) is 6.54 Å². The molecule has 0 aromatic carbocycles. The molecule has 1 aromatic rings. The summed E-state index contributed by atoms with van der Waals surface area (Å²) < 4.78 is 30.3. The molecule has 3 nitrogen and oxygen atoms in total. The van der Waals surface area contributed by atoms with Crippen molar-refractivity contribution in [3.8, 4) is 5.88 Å². The lowest BCUT2D eigenvalue weighted by Crippen LogP contribution is -2.05. The third-order valence-corrected chi connectivity index (χ3v) is 2.73. The summed E-state index contributed by atoms with van der Waals surface area (Å²) in [4.78, 5) is 3.96. The van der Waals surface area contributed by atoms with Crippen molar-refractivity contribution in [1.82, 2.24) is 4.98 Å². The minimum Gasteiger partial charge on any atom is -0.480 e. The Bertz CT molecular complexity index is 333. The van der Waals surface area contributed by atoms with Crippen molar-refractivity contribution in [2.75, 3.05) is 7.11 Å². The van der Waals surface area contributed by atoms with Crippen LogP contribution in [-0.4, -0.2) is 12.1 Å². The zero-order valence-electron chi connectivity index (χ0n) is 7.43. The highest BCUT2D eigenvalue weighted by Crippen LogP contribution is 2.30. The van der Waals surface area contributed by atoms with Gasteiger partial charge in [0.25, 0.3) is 6.43 Å². The molecule has 1 aromatic heterocycles. The van der Waals surface area contributed by atoms with E-state index in [1.807, 2.05) is 0 Å². The maximum absolute atomic E-state index is 12.5. The molecule has 1 heterocycles. The Morgan fingerprint density at radius 3 is 2.71 bits per heavy atom. The van der Waals surface area contributed by atoms with E-state index in [0.29, 0.717) is 9.26 Å². The molecular formula is C8H9F2IN2O. The minimum atomic E-state index is -2.54. The van der Waals surface area contributed by atoms with E-state index in [1.165, 1.54) is 13.2 Å². The van der Waals surface area contributed by atoms with Crippen molar-refractivity contribution in [2.45, 2.75) is 13.0 Å². The van der Waals surface area contributed by atoms with Crippen LogP contribution in [0.1, 0.15) is 17.7 Å². The van der Waals surface area contributed by atoms with Crippen molar-refractivity contribution in [3.63, 3.8) is 0 Å². The summed E-state index contributed by atoms with van der Waals surface area (Å²) in [7, 11) is 1.39. The second-order valence-corrected chi connectivity index (χ2v) is 3.61. The average molecular weight is 314 g/mol. The van der Waals surface area contributed by atoms with Gasteiger partial charge in [0.15, 0.2) is 0 Å². The van der Waals surface area contributed by atoms with E-state index in [-0.39, 0.29) is 18.0 Å². The topological polar surface area (TPSA) is 48.1 Å². The molecule has 2 N–H and O–H groups in total. The molecule has 0 aliphatic rings. The molecule has 1 rings (SSSR count). The van der Waals surface area contributed by atoms with E-state index in [4.69, 9.17) is 10.5 Å². The Morgan fingerprint density at radius 1 is 1.64 bits per heavy atom. The molecule has 0 radical (unpaired) electrons. The Balaban J connectivity index is 3.27. The third-order valence-electron chi connectivity index (χ3n) is 1.65. The maximum Gasteiger partial charge on any atom is 0.265 e. The number of methoxy groups -OCH3 is 1. The molecule has 14 heavy (non-hydrogen) atoms. The first-order valence-electron chi connectivity index (χ1n) is 3.81. The third kappa shape index (κ3) is 2.30. The molecule has 0 fully saturated rings. The monoisotopic (exact) mass is 314 g/mol. The summed E-state index contributed by atoms with van der Waals surface area (Å²) in [6.07, 6.45) is -2.54. The van der Waals surface area contributed by atoms with Gasteiger partial charge in [-0.05, 0) is 28.7 Å². The highest BCUT2D eigenvalue weighted by atomic mass is 127. The van der Waals surface area contributed by atoms with Gasteiger partial charge in [0.05, 0.1) is 16.4 Å². The SMILES string of the molecule is COc1nc(CN)cc(C(F)F)c1I. The van der Waals surface area contributed by atoms with Crippen molar-refractivity contribution >= 4 is 22.6 Å². The number of alkyl halides is 2. The summed E-state index contributed by atoms with van der Waals surface area (Å²) in [5.74, 6) is 0.198. The summed E-state index contributed by atoms with van der Waals surface area (Å²) in [6.45, 7) is 0.118. The fourth-order valence-corrected chi connectivity index (χ4v) is 1.71. The average Bonchev–Trinajstić information content (AvgIpc) is 2.17. The first-order valence-corrected chi connectivity index (χ1v) is 4.89. The van der Waals surface area contributed by atoms with Crippen molar-refractivity contribution in [3.05, 3.63) is 20.9 Å².